The molecule has 0 radical (unpaired) electrons. The number of nitrogens with one attached hydrogen (secondary N) is 1. The van der Waals surface area contributed by atoms with Crippen molar-refractivity contribution in [3.63, 3.8) is 0 Å². The number of thiazole rings is 1. The van der Waals surface area contributed by atoms with Crippen LogP contribution in [0.25, 0.3) is 10.2 Å². The van der Waals surface area contributed by atoms with Crippen LogP contribution in [0.4, 0.5) is 10.9 Å². The van der Waals surface area contributed by atoms with Gasteiger partial charge in [-0.3, -0.25) is 4.79 Å². The second-order valence-corrected chi connectivity index (χ2v) is 7.34. The van der Waals surface area contributed by atoms with E-state index in [1.807, 2.05) is 6.07 Å². The Bertz CT molecular complexity index is 963. The van der Waals surface area contributed by atoms with Gasteiger partial charge in [0.05, 0.1) is 11.8 Å². The largest absolute Gasteiger partial charge is 0.494 e. The van der Waals surface area contributed by atoms with E-state index in [0.717, 1.165) is 54.8 Å². The maximum absolute atomic E-state index is 11.2. The van der Waals surface area contributed by atoms with Crippen molar-refractivity contribution < 1.29 is 4.74 Å². The number of H-pyrrole nitrogens is 1. The molecule has 136 valence electrons. The first-order chi connectivity index (χ1) is 12.7. The number of hydrogen-bond donors (Lipinski definition) is 1. The van der Waals surface area contributed by atoms with E-state index in [1.165, 1.54) is 16.3 Å². The number of fused-ring (bicyclic) bond motifs is 1. The highest BCUT2D eigenvalue weighted by Crippen LogP contribution is 2.36. The molecule has 0 saturated carbocycles. The summed E-state index contributed by atoms with van der Waals surface area (Å²) in [7, 11) is 1.68. The number of aryl methyl sites for hydroxylation is 1. The lowest BCUT2D eigenvalue weighted by molar-refractivity contribution is 0.419. The molecule has 0 bridgehead atoms. The number of hydrogen-bond acceptors (Lipinski definition) is 7. The smallest absolute Gasteiger partial charge is 0.264 e. The van der Waals surface area contributed by atoms with E-state index in [-0.39, 0.29) is 5.56 Å². The van der Waals surface area contributed by atoms with Crippen LogP contribution in [0, 0.1) is 6.92 Å². The Hall–Kier alpha value is -2.61. The summed E-state index contributed by atoms with van der Waals surface area (Å²) in [5.41, 5.74) is 1.98. The Morgan fingerprint density at radius 3 is 2.69 bits per heavy atom. The number of anilines is 2. The minimum absolute atomic E-state index is 0.177. The lowest BCUT2D eigenvalue weighted by Crippen LogP contribution is -2.31. The fraction of sp³-hybridized carbons (Fsp3) is 0.389. The third kappa shape index (κ3) is 3.12. The highest BCUT2D eigenvalue weighted by molar-refractivity contribution is 7.22. The monoisotopic (exact) mass is 371 g/mol. The van der Waals surface area contributed by atoms with E-state index < -0.39 is 0 Å². The van der Waals surface area contributed by atoms with Gasteiger partial charge in [-0.2, -0.15) is 5.10 Å². The standard InChI is InChI=1S/C18H21N5O2S/c1-12-4-5-13(25-2)16-17(12)26-18(19-16)23-9-3-8-22(10-11-23)14-6-7-15(24)21-20-14/h4-7H,3,8-11H2,1-2H3,(H,21,24). The van der Waals surface area contributed by atoms with Gasteiger partial charge in [0.25, 0.3) is 5.56 Å². The molecule has 0 spiro atoms. The van der Waals surface area contributed by atoms with Crippen molar-refractivity contribution in [3.8, 4) is 5.75 Å². The van der Waals surface area contributed by atoms with Crippen molar-refractivity contribution >= 4 is 32.5 Å². The summed E-state index contributed by atoms with van der Waals surface area (Å²) in [6.07, 6.45) is 1.01. The van der Waals surface area contributed by atoms with Crippen molar-refractivity contribution in [2.45, 2.75) is 13.3 Å². The first-order valence-electron chi connectivity index (χ1n) is 8.65. The first kappa shape index (κ1) is 16.8. The Balaban J connectivity index is 1.57. The van der Waals surface area contributed by atoms with Gasteiger partial charge in [0.15, 0.2) is 5.13 Å². The number of methoxy groups -OCH3 is 1. The van der Waals surface area contributed by atoms with Gasteiger partial charge in [0.1, 0.15) is 17.1 Å². The van der Waals surface area contributed by atoms with Crippen molar-refractivity contribution in [2.24, 2.45) is 0 Å². The Morgan fingerprint density at radius 2 is 1.92 bits per heavy atom. The summed E-state index contributed by atoms with van der Waals surface area (Å²) in [4.78, 5) is 20.6. The molecule has 1 aromatic carbocycles. The summed E-state index contributed by atoms with van der Waals surface area (Å²) >= 11 is 1.72. The fourth-order valence-corrected chi connectivity index (χ4v) is 4.35. The molecule has 7 nitrogen and oxygen atoms in total. The molecule has 26 heavy (non-hydrogen) atoms. The molecular weight excluding hydrogens is 350 g/mol. The zero-order chi connectivity index (χ0) is 18.1. The molecule has 8 heteroatoms. The van der Waals surface area contributed by atoms with Crippen LogP contribution in [0.2, 0.25) is 0 Å². The average Bonchev–Trinajstić information content (AvgIpc) is 2.96. The molecule has 0 amide bonds. The summed E-state index contributed by atoms with van der Waals surface area (Å²) in [5.74, 6) is 1.63. The normalized spacial score (nSPS) is 15.3. The fourth-order valence-electron chi connectivity index (χ4n) is 3.25. The summed E-state index contributed by atoms with van der Waals surface area (Å²) in [5, 5.41) is 7.69. The van der Waals surface area contributed by atoms with Crippen LogP contribution in [0.1, 0.15) is 12.0 Å². The summed E-state index contributed by atoms with van der Waals surface area (Å²) < 4.78 is 6.66. The molecule has 0 aliphatic carbocycles. The minimum Gasteiger partial charge on any atom is -0.494 e. The maximum Gasteiger partial charge on any atom is 0.264 e. The van der Waals surface area contributed by atoms with Gasteiger partial charge in [-0.25, -0.2) is 10.1 Å². The minimum atomic E-state index is -0.177. The van der Waals surface area contributed by atoms with E-state index in [9.17, 15) is 4.79 Å². The van der Waals surface area contributed by atoms with E-state index in [1.54, 1.807) is 24.5 Å². The van der Waals surface area contributed by atoms with Gasteiger partial charge in [-0.1, -0.05) is 17.4 Å². The van der Waals surface area contributed by atoms with E-state index >= 15 is 0 Å². The topological polar surface area (TPSA) is 74.3 Å². The summed E-state index contributed by atoms with van der Waals surface area (Å²) in [6, 6.07) is 7.36. The first-order valence-corrected chi connectivity index (χ1v) is 9.47. The highest BCUT2D eigenvalue weighted by Gasteiger charge is 2.20. The Kier molecular flexibility index (Phi) is 4.50. The van der Waals surface area contributed by atoms with Crippen LogP contribution in [0.15, 0.2) is 29.1 Å². The molecular formula is C18H21N5O2S. The second kappa shape index (κ2) is 6.95. The van der Waals surface area contributed by atoms with Crippen LogP contribution < -0.4 is 20.1 Å². The van der Waals surface area contributed by atoms with E-state index in [0.29, 0.717) is 0 Å². The van der Waals surface area contributed by atoms with Gasteiger partial charge in [-0.15, -0.1) is 0 Å². The van der Waals surface area contributed by atoms with Gasteiger partial charge in [0, 0.05) is 32.2 Å². The zero-order valence-electron chi connectivity index (χ0n) is 14.9. The molecule has 1 saturated heterocycles. The number of nitrogens with zero attached hydrogens (tertiary/aromatic N) is 4. The van der Waals surface area contributed by atoms with Crippen molar-refractivity contribution in [1.82, 2.24) is 15.2 Å². The highest BCUT2D eigenvalue weighted by atomic mass is 32.1. The maximum atomic E-state index is 11.2. The zero-order valence-corrected chi connectivity index (χ0v) is 15.7. The Labute approximate surface area is 155 Å². The number of aromatic amines is 1. The summed E-state index contributed by atoms with van der Waals surface area (Å²) in [6.45, 7) is 5.66. The van der Waals surface area contributed by atoms with E-state index in [4.69, 9.17) is 9.72 Å². The number of benzene rings is 1. The van der Waals surface area contributed by atoms with Crippen LogP contribution in [-0.2, 0) is 0 Å². The third-order valence-corrected chi connectivity index (χ3v) is 5.92. The van der Waals surface area contributed by atoms with Gasteiger partial charge in [0.2, 0.25) is 0 Å². The second-order valence-electron chi connectivity index (χ2n) is 6.37. The van der Waals surface area contributed by atoms with Crippen molar-refractivity contribution in [2.75, 3.05) is 43.1 Å². The SMILES string of the molecule is COc1ccc(C)c2sc(N3CCCN(c4ccc(=O)[nH]n4)CC3)nc12. The van der Waals surface area contributed by atoms with Crippen LogP contribution in [-0.4, -0.2) is 48.5 Å². The van der Waals surface area contributed by atoms with Crippen LogP contribution in [0.3, 0.4) is 0 Å². The number of ether oxygens (including phenoxy) is 1. The number of rotatable bonds is 3. The Morgan fingerprint density at radius 1 is 1.12 bits per heavy atom. The van der Waals surface area contributed by atoms with Gasteiger partial charge >= 0.3 is 0 Å². The molecule has 1 aliphatic rings. The quantitative estimate of drug-likeness (QED) is 0.762. The van der Waals surface area contributed by atoms with E-state index in [2.05, 4.69) is 33.0 Å². The molecule has 1 N–H and O–H groups in total. The molecule has 4 rings (SSSR count). The third-order valence-electron chi connectivity index (χ3n) is 4.67. The predicted molar refractivity (Wildman–Crippen MR) is 105 cm³/mol. The lowest BCUT2D eigenvalue weighted by Gasteiger charge is -2.21. The average molecular weight is 371 g/mol. The molecule has 1 aliphatic heterocycles. The molecule has 1 fully saturated rings. The van der Waals surface area contributed by atoms with Crippen LogP contribution >= 0.6 is 11.3 Å². The van der Waals surface area contributed by atoms with Crippen molar-refractivity contribution in [1.29, 1.82) is 0 Å². The van der Waals surface area contributed by atoms with Gasteiger partial charge in [-0.05, 0) is 31.0 Å². The van der Waals surface area contributed by atoms with Crippen molar-refractivity contribution in [3.05, 3.63) is 40.2 Å². The molecule has 3 aromatic rings. The van der Waals surface area contributed by atoms with Gasteiger partial charge < -0.3 is 14.5 Å². The molecule has 0 atom stereocenters. The molecule has 2 aromatic heterocycles. The number of aromatic nitrogens is 3. The predicted octanol–water partition coefficient (Wildman–Crippen LogP) is 2.41. The molecule has 0 unspecified atom stereocenters. The molecule has 3 heterocycles. The lowest BCUT2D eigenvalue weighted by atomic mass is 10.2. The van der Waals surface area contributed by atoms with Crippen LogP contribution in [0.5, 0.6) is 5.75 Å².